The van der Waals surface area contributed by atoms with Crippen LogP contribution in [0, 0.1) is 0 Å². The molecule has 0 aliphatic rings. The summed E-state index contributed by atoms with van der Waals surface area (Å²) >= 11 is 0. The van der Waals surface area contributed by atoms with Crippen LogP contribution in [-0.4, -0.2) is 0 Å². The van der Waals surface area contributed by atoms with E-state index in [1.165, 1.54) is 132 Å². The van der Waals surface area contributed by atoms with E-state index in [9.17, 15) is 0 Å². The Bertz CT molecular complexity index is 1400. The Balaban J connectivity index is 1.65. The van der Waals surface area contributed by atoms with E-state index < -0.39 is 7.94 Å². The second kappa shape index (κ2) is 27.3. The van der Waals surface area contributed by atoms with E-state index >= 15 is 0 Å². The quantitative estimate of drug-likeness (QED) is 0.0377. The van der Waals surface area contributed by atoms with Gasteiger partial charge in [0.05, 0.1) is 0 Å². The van der Waals surface area contributed by atoms with Gasteiger partial charge in [-0.15, -0.1) is 0 Å². The van der Waals surface area contributed by atoms with E-state index in [4.69, 9.17) is 13.6 Å². The van der Waals surface area contributed by atoms with Gasteiger partial charge in [0, 0.05) is 0 Å². The van der Waals surface area contributed by atoms with Crippen molar-refractivity contribution in [2.24, 2.45) is 0 Å². The molecule has 302 valence electrons. The fraction of sp³-hybridized carbons (Fsp3) is 0.529. The number of hydrogen-bond donors (Lipinski definition) is 0. The molecule has 0 amide bonds. The monoisotopic (exact) mass is 767 g/mol. The van der Waals surface area contributed by atoms with Crippen LogP contribution in [0.1, 0.15) is 172 Å². The van der Waals surface area contributed by atoms with Crippen molar-refractivity contribution in [3.63, 3.8) is 0 Å². The van der Waals surface area contributed by atoms with Gasteiger partial charge in [0.2, 0.25) is 0 Å². The molecule has 4 heteroatoms. The molecule has 0 N–H and O–H groups in total. The van der Waals surface area contributed by atoms with E-state index in [2.05, 4.69) is 124 Å². The summed E-state index contributed by atoms with van der Waals surface area (Å²) in [6.07, 6.45) is 29.9. The Hall–Kier alpha value is -3.29. The Morgan fingerprint density at radius 1 is 0.309 bits per heavy atom. The number of unbranched alkanes of at least 4 members (excludes halogenated alkanes) is 18. The van der Waals surface area contributed by atoms with Crippen LogP contribution < -0.4 is 18.9 Å². The molecule has 0 saturated carbocycles. The zero-order valence-corrected chi connectivity index (χ0v) is 36.0. The average molecular weight is 767 g/mol. The van der Waals surface area contributed by atoms with Gasteiger partial charge in [0.15, 0.2) is 0 Å². The molecule has 4 rings (SSSR count). The van der Waals surface area contributed by atoms with Crippen LogP contribution in [0.25, 0.3) is 0 Å². The van der Waals surface area contributed by atoms with Gasteiger partial charge in [0.25, 0.3) is 0 Å². The number of hydrogen-bond acceptors (Lipinski definition) is 3. The minimum atomic E-state index is -3.70. The van der Waals surface area contributed by atoms with Crippen LogP contribution in [-0.2, 0) is 19.3 Å². The van der Waals surface area contributed by atoms with Crippen molar-refractivity contribution in [1.29, 1.82) is 0 Å². The van der Waals surface area contributed by atoms with Gasteiger partial charge in [-0.2, -0.15) is 0 Å². The SMILES string of the molecule is CCCCCCCCCc1ccccc1O[PH](Oc1ccccc1CCCCCCCCC)(Oc1ccccc1CCCCCCCCC)c1ccccc1. The van der Waals surface area contributed by atoms with Crippen molar-refractivity contribution < 1.29 is 13.6 Å². The summed E-state index contributed by atoms with van der Waals surface area (Å²) < 4.78 is 22.2. The van der Waals surface area contributed by atoms with Gasteiger partial charge >= 0.3 is 339 Å². The fourth-order valence-corrected chi connectivity index (χ4v) is 10.1. The first-order chi connectivity index (χ1) is 27.2. The van der Waals surface area contributed by atoms with Gasteiger partial charge in [-0.25, -0.2) is 0 Å². The second-order valence-electron chi connectivity index (χ2n) is 15.7. The second-order valence-corrected chi connectivity index (χ2v) is 18.0. The van der Waals surface area contributed by atoms with Crippen molar-refractivity contribution in [2.45, 2.75) is 175 Å². The summed E-state index contributed by atoms with van der Waals surface area (Å²) in [6.45, 7) is 6.86. The molecule has 0 spiro atoms. The zero-order valence-electron chi connectivity index (χ0n) is 35.0. The summed E-state index contributed by atoms with van der Waals surface area (Å²) in [5.74, 6) is 2.62. The zero-order chi connectivity index (χ0) is 38.7. The van der Waals surface area contributed by atoms with Crippen molar-refractivity contribution in [2.75, 3.05) is 0 Å². The molecule has 0 saturated heterocycles. The Labute approximate surface area is 337 Å². The molecular formula is C51H75O3P. The van der Waals surface area contributed by atoms with E-state index in [1.807, 2.05) is 0 Å². The minimum absolute atomic E-state index is 0.873. The summed E-state index contributed by atoms with van der Waals surface area (Å²) in [7, 11) is -3.70. The third-order valence-corrected chi connectivity index (χ3v) is 13.4. The first kappa shape index (κ1) is 44.4. The van der Waals surface area contributed by atoms with Gasteiger partial charge in [0.1, 0.15) is 0 Å². The van der Waals surface area contributed by atoms with E-state index in [-0.39, 0.29) is 0 Å². The molecule has 0 fully saturated rings. The van der Waals surface area contributed by atoms with Crippen molar-refractivity contribution in [3.8, 4) is 17.2 Å². The number of rotatable bonds is 31. The average Bonchev–Trinajstić information content (AvgIpc) is 3.22. The number of para-hydroxylation sites is 3. The molecule has 4 aromatic carbocycles. The molecule has 0 heterocycles. The predicted molar refractivity (Wildman–Crippen MR) is 241 cm³/mol. The van der Waals surface area contributed by atoms with Gasteiger partial charge in [-0.1, -0.05) is 0 Å². The maximum atomic E-state index is 7.40. The first-order valence-electron chi connectivity index (χ1n) is 22.5. The van der Waals surface area contributed by atoms with Crippen molar-refractivity contribution in [1.82, 2.24) is 0 Å². The first-order valence-corrected chi connectivity index (χ1v) is 24.3. The fourth-order valence-electron chi connectivity index (χ4n) is 7.56. The van der Waals surface area contributed by atoms with Crippen LogP contribution in [0.4, 0.5) is 0 Å². The molecular weight excluding hydrogens is 692 g/mol. The molecule has 0 unspecified atom stereocenters. The van der Waals surface area contributed by atoms with Crippen LogP contribution in [0.15, 0.2) is 103 Å². The van der Waals surface area contributed by atoms with Crippen LogP contribution in [0.3, 0.4) is 0 Å². The van der Waals surface area contributed by atoms with Crippen molar-refractivity contribution in [3.05, 3.63) is 120 Å². The van der Waals surface area contributed by atoms with Gasteiger partial charge in [-0.05, 0) is 0 Å². The van der Waals surface area contributed by atoms with E-state index in [0.29, 0.717) is 0 Å². The Kier molecular flexibility index (Phi) is 22.1. The molecule has 0 bridgehead atoms. The molecule has 55 heavy (non-hydrogen) atoms. The molecule has 0 aliphatic carbocycles. The third-order valence-electron chi connectivity index (χ3n) is 10.9. The Morgan fingerprint density at radius 2 is 0.582 bits per heavy atom. The Morgan fingerprint density at radius 3 is 0.909 bits per heavy atom. The maximum absolute atomic E-state index is 7.40. The summed E-state index contributed by atoms with van der Waals surface area (Å²) in [6, 6.07) is 36.3. The van der Waals surface area contributed by atoms with Gasteiger partial charge in [-0.3, -0.25) is 0 Å². The predicted octanol–water partition coefficient (Wildman–Crippen LogP) is 15.9. The molecule has 0 radical (unpaired) electrons. The molecule has 0 aliphatic heterocycles. The van der Waals surface area contributed by atoms with Crippen LogP contribution in [0.5, 0.6) is 17.2 Å². The summed E-state index contributed by atoms with van der Waals surface area (Å²) in [5.41, 5.74) is 3.68. The summed E-state index contributed by atoms with van der Waals surface area (Å²) in [5, 5.41) is 0.970. The number of aryl methyl sites for hydroxylation is 3. The molecule has 0 atom stereocenters. The molecule has 3 nitrogen and oxygen atoms in total. The van der Waals surface area contributed by atoms with Crippen LogP contribution in [0.2, 0.25) is 0 Å². The normalized spacial score (nSPS) is 11.8. The summed E-state index contributed by atoms with van der Waals surface area (Å²) in [4.78, 5) is 0. The van der Waals surface area contributed by atoms with Crippen LogP contribution >= 0.6 is 7.94 Å². The van der Waals surface area contributed by atoms with E-state index in [1.54, 1.807) is 0 Å². The standard InChI is InChI=1S/C51H75O3P/c1-4-7-10-13-16-19-23-34-45-37-28-31-42-49(45)52-55(48-40-26-22-27-41-48,53-50-43-32-29-38-46(50)35-24-20-17-14-11-8-5-2)54-51-44-33-30-39-47(51)36-25-21-18-15-12-9-6-3/h22,26-33,37-44,55H,4-21,23-25,34-36H2,1-3H3. The topological polar surface area (TPSA) is 27.7 Å². The van der Waals surface area contributed by atoms with Gasteiger partial charge < -0.3 is 0 Å². The third kappa shape index (κ3) is 16.4. The molecule has 0 aromatic heterocycles. The number of benzene rings is 4. The molecule has 4 aromatic rings. The van der Waals surface area contributed by atoms with Crippen molar-refractivity contribution >= 4 is 13.2 Å². The van der Waals surface area contributed by atoms with E-state index in [0.717, 1.165) is 61.1 Å².